The normalized spacial score (nSPS) is 21.1. The minimum absolute atomic E-state index is 0.0877. The van der Waals surface area contributed by atoms with Gasteiger partial charge < -0.3 is 10.1 Å². The summed E-state index contributed by atoms with van der Waals surface area (Å²) in [5, 5.41) is 9.87. The van der Waals surface area contributed by atoms with Crippen molar-refractivity contribution in [2.75, 3.05) is 38.2 Å². The Morgan fingerprint density at radius 2 is 1.91 bits per heavy atom. The predicted octanol–water partition coefficient (Wildman–Crippen LogP) is 0.229. The van der Waals surface area contributed by atoms with E-state index < -0.39 is 29.7 Å². The first kappa shape index (κ1) is 22.2. The van der Waals surface area contributed by atoms with Gasteiger partial charge in [-0.05, 0) is 18.6 Å². The Bertz CT molecular complexity index is 1140. The number of carbonyl (C=O) groups excluding carboxylic acids is 4. The number of benzene rings is 1. The summed E-state index contributed by atoms with van der Waals surface area (Å²) in [6.07, 6.45) is 3.95. The molecule has 4 amide bonds. The van der Waals surface area contributed by atoms with E-state index in [1.165, 1.54) is 0 Å². The number of ether oxygens (including phenoxy) is 1. The van der Waals surface area contributed by atoms with Gasteiger partial charge in [-0.25, -0.2) is 0 Å². The third kappa shape index (κ3) is 4.31. The summed E-state index contributed by atoms with van der Waals surface area (Å²) in [6.45, 7) is 5.48. The molecule has 1 atom stereocenters. The van der Waals surface area contributed by atoms with Crippen LogP contribution >= 0.6 is 0 Å². The fraction of sp³-hybridized carbons (Fsp3) is 0.435. The number of nitrogens with one attached hydrogen (secondary N) is 2. The highest BCUT2D eigenvalue weighted by Gasteiger charge is 2.45. The number of fused-ring (bicyclic) bond motifs is 1. The molecular weight excluding hydrogens is 440 g/mol. The van der Waals surface area contributed by atoms with Crippen LogP contribution in [0.1, 0.15) is 39.1 Å². The maximum atomic E-state index is 13.2. The van der Waals surface area contributed by atoms with Crippen LogP contribution < -0.4 is 10.6 Å². The van der Waals surface area contributed by atoms with Crippen molar-refractivity contribution < 1.29 is 23.9 Å². The lowest BCUT2D eigenvalue weighted by molar-refractivity contribution is -0.136. The maximum absolute atomic E-state index is 13.2. The van der Waals surface area contributed by atoms with E-state index in [0.717, 1.165) is 49.9 Å². The summed E-state index contributed by atoms with van der Waals surface area (Å²) in [4.78, 5) is 53.2. The van der Waals surface area contributed by atoms with Crippen molar-refractivity contribution in [1.82, 2.24) is 24.9 Å². The van der Waals surface area contributed by atoms with Gasteiger partial charge >= 0.3 is 0 Å². The Morgan fingerprint density at radius 1 is 1.09 bits per heavy atom. The summed E-state index contributed by atoms with van der Waals surface area (Å²) in [6, 6.07) is 4.03. The van der Waals surface area contributed by atoms with Crippen LogP contribution in [0.25, 0.3) is 0 Å². The molecule has 2 saturated heterocycles. The average Bonchev–Trinajstić information content (AvgIpc) is 3.40. The van der Waals surface area contributed by atoms with Gasteiger partial charge in [-0.3, -0.25) is 39.0 Å². The lowest BCUT2D eigenvalue weighted by Gasteiger charge is -2.27. The van der Waals surface area contributed by atoms with E-state index in [1.54, 1.807) is 24.4 Å². The number of hydrogen-bond donors (Lipinski definition) is 2. The van der Waals surface area contributed by atoms with Crippen molar-refractivity contribution in [2.45, 2.75) is 32.0 Å². The molecule has 1 aromatic carbocycles. The monoisotopic (exact) mass is 466 g/mol. The van der Waals surface area contributed by atoms with Crippen LogP contribution in [0.15, 0.2) is 30.6 Å². The molecule has 11 nitrogen and oxygen atoms in total. The first-order chi connectivity index (χ1) is 16.5. The highest BCUT2D eigenvalue weighted by Crippen LogP contribution is 2.32. The molecular formula is C23H26N6O5. The van der Waals surface area contributed by atoms with Crippen LogP contribution in [-0.2, 0) is 27.4 Å². The number of piperidine rings is 1. The largest absolute Gasteiger partial charge is 0.380 e. The van der Waals surface area contributed by atoms with Crippen molar-refractivity contribution in [1.29, 1.82) is 0 Å². The number of imide groups is 2. The molecule has 0 aliphatic carbocycles. The molecule has 1 unspecified atom stereocenters. The van der Waals surface area contributed by atoms with E-state index in [0.29, 0.717) is 12.2 Å². The lowest BCUT2D eigenvalue weighted by atomic mass is 10.0. The number of aromatic nitrogens is 2. The number of morpholine rings is 1. The van der Waals surface area contributed by atoms with E-state index in [-0.39, 0.29) is 24.0 Å². The molecule has 0 radical (unpaired) electrons. The fourth-order valence-corrected chi connectivity index (χ4v) is 4.55. The Kier molecular flexibility index (Phi) is 6.12. The van der Waals surface area contributed by atoms with Crippen molar-refractivity contribution in [2.24, 2.45) is 0 Å². The van der Waals surface area contributed by atoms with Gasteiger partial charge in [0.05, 0.1) is 37.1 Å². The molecule has 2 N–H and O–H groups in total. The number of amides is 4. The van der Waals surface area contributed by atoms with Gasteiger partial charge in [-0.15, -0.1) is 0 Å². The third-order valence-electron chi connectivity index (χ3n) is 6.39. The fourth-order valence-electron chi connectivity index (χ4n) is 4.55. The first-order valence-corrected chi connectivity index (χ1v) is 11.4. The zero-order chi connectivity index (χ0) is 23.7. The van der Waals surface area contributed by atoms with E-state index in [4.69, 9.17) is 4.74 Å². The van der Waals surface area contributed by atoms with Gasteiger partial charge in [-0.2, -0.15) is 5.10 Å². The number of carbonyl (C=O) groups is 4. The smallest absolute Gasteiger partial charge is 0.264 e. The van der Waals surface area contributed by atoms with Crippen LogP contribution in [0.5, 0.6) is 0 Å². The van der Waals surface area contributed by atoms with Crippen molar-refractivity contribution in [3.63, 3.8) is 0 Å². The molecule has 0 saturated carbocycles. The number of nitrogens with zero attached hydrogens (tertiary/aromatic N) is 4. The third-order valence-corrected chi connectivity index (χ3v) is 6.39. The second-order valence-electron chi connectivity index (χ2n) is 8.59. The number of rotatable bonds is 7. The molecule has 2 aromatic rings. The number of anilines is 1. The maximum Gasteiger partial charge on any atom is 0.264 e. The lowest BCUT2D eigenvalue weighted by Crippen LogP contribution is -2.54. The summed E-state index contributed by atoms with van der Waals surface area (Å²) < 4.78 is 7.26. The number of hydrogen-bond acceptors (Lipinski definition) is 8. The van der Waals surface area contributed by atoms with Gasteiger partial charge in [0.2, 0.25) is 11.8 Å². The molecule has 11 heteroatoms. The molecule has 4 heterocycles. The van der Waals surface area contributed by atoms with Crippen LogP contribution in [0.2, 0.25) is 0 Å². The van der Waals surface area contributed by atoms with Gasteiger partial charge in [0, 0.05) is 50.0 Å². The molecule has 178 valence electrons. The van der Waals surface area contributed by atoms with Crippen LogP contribution in [0, 0.1) is 0 Å². The highest BCUT2D eigenvalue weighted by molar-refractivity contribution is 6.25. The highest BCUT2D eigenvalue weighted by atomic mass is 16.5. The van der Waals surface area contributed by atoms with E-state index in [2.05, 4.69) is 20.6 Å². The minimum atomic E-state index is -0.984. The van der Waals surface area contributed by atoms with E-state index >= 15 is 0 Å². The Balaban J connectivity index is 1.25. The van der Waals surface area contributed by atoms with Crippen molar-refractivity contribution in [3.8, 4) is 0 Å². The van der Waals surface area contributed by atoms with E-state index in [9.17, 15) is 19.2 Å². The Hall–Kier alpha value is -3.57. The zero-order valence-electron chi connectivity index (χ0n) is 18.7. The van der Waals surface area contributed by atoms with Crippen molar-refractivity contribution >= 4 is 29.3 Å². The molecule has 0 spiro atoms. The first-order valence-electron chi connectivity index (χ1n) is 11.4. The van der Waals surface area contributed by atoms with Gasteiger partial charge in [0.25, 0.3) is 11.8 Å². The van der Waals surface area contributed by atoms with Crippen LogP contribution in [0.3, 0.4) is 0 Å². The summed E-state index contributed by atoms with van der Waals surface area (Å²) >= 11 is 0. The van der Waals surface area contributed by atoms with E-state index in [1.807, 2.05) is 10.9 Å². The Labute approximate surface area is 196 Å². The zero-order valence-corrected chi connectivity index (χ0v) is 18.7. The molecule has 3 aliphatic heterocycles. The quantitative estimate of drug-likeness (QED) is 0.556. The minimum Gasteiger partial charge on any atom is -0.380 e. The molecule has 1 aromatic heterocycles. The molecule has 3 aliphatic rings. The molecule has 34 heavy (non-hydrogen) atoms. The standard InChI is InChI=1S/C23H26N6O5/c30-19-5-4-18(21(31)26-19)29-22(32)16-2-1-3-17(20(16)23(29)33)24-12-15-13-25-28(14-15)7-6-27-8-10-34-11-9-27/h1-3,13-14,18,24H,4-12H2,(H,26,30,31). The predicted molar refractivity (Wildman–Crippen MR) is 120 cm³/mol. The second kappa shape index (κ2) is 9.35. The molecule has 0 bridgehead atoms. The topological polar surface area (TPSA) is 126 Å². The second-order valence-corrected chi connectivity index (χ2v) is 8.59. The summed E-state index contributed by atoms with van der Waals surface area (Å²) in [5.41, 5.74) is 1.96. The summed E-state index contributed by atoms with van der Waals surface area (Å²) in [7, 11) is 0. The van der Waals surface area contributed by atoms with Crippen LogP contribution in [0.4, 0.5) is 5.69 Å². The van der Waals surface area contributed by atoms with Crippen molar-refractivity contribution in [3.05, 3.63) is 47.3 Å². The van der Waals surface area contributed by atoms with Gasteiger partial charge in [0.1, 0.15) is 6.04 Å². The van der Waals surface area contributed by atoms with Gasteiger partial charge in [0.15, 0.2) is 0 Å². The average molecular weight is 466 g/mol. The Morgan fingerprint density at radius 3 is 2.71 bits per heavy atom. The SMILES string of the molecule is O=C1CCC(N2C(=O)c3cccc(NCc4cnn(CCN5CCOCC5)c4)c3C2=O)C(=O)N1. The molecule has 2 fully saturated rings. The molecule has 5 rings (SSSR count). The van der Waals surface area contributed by atoms with Gasteiger partial charge in [-0.1, -0.05) is 6.07 Å². The summed E-state index contributed by atoms with van der Waals surface area (Å²) in [5.74, 6) is -2.07. The van der Waals surface area contributed by atoms with Crippen LogP contribution in [-0.4, -0.2) is 82.1 Å².